The van der Waals surface area contributed by atoms with Crippen LogP contribution in [-0.2, 0) is 28.1 Å². The molecule has 1 aliphatic rings. The standard InChI is InChI=1S/C18H22F2N4O4S2/c1-11(16(25)21-13-3-5-14(6-4-13)28-17(19)20)29-18-23-22-15(24(18)2)9-12-7-8-30(26,27)10-12/h3-6,11-12,17H,7-10H2,1-2H3,(H,21,25). The number of alkyl halides is 2. The molecular formula is C18H22F2N4O4S2. The fourth-order valence-corrected chi connectivity index (χ4v) is 5.79. The van der Waals surface area contributed by atoms with Crippen LogP contribution in [0.5, 0.6) is 5.75 Å². The number of hydrogen-bond donors (Lipinski definition) is 1. The number of carbonyl (C=O) groups excluding carboxylic acids is 1. The van der Waals surface area contributed by atoms with Gasteiger partial charge in [-0.25, -0.2) is 8.42 Å². The van der Waals surface area contributed by atoms with E-state index < -0.39 is 21.7 Å². The van der Waals surface area contributed by atoms with Gasteiger partial charge in [-0.15, -0.1) is 10.2 Å². The summed E-state index contributed by atoms with van der Waals surface area (Å²) in [5.74, 6) is 0.822. The highest BCUT2D eigenvalue weighted by molar-refractivity contribution is 8.00. The second-order valence-electron chi connectivity index (χ2n) is 7.08. The lowest BCUT2D eigenvalue weighted by atomic mass is 10.1. The van der Waals surface area contributed by atoms with Gasteiger partial charge in [-0.3, -0.25) is 4.79 Å². The molecule has 8 nitrogen and oxygen atoms in total. The van der Waals surface area contributed by atoms with Gasteiger partial charge in [0.2, 0.25) is 5.91 Å². The van der Waals surface area contributed by atoms with Crippen molar-refractivity contribution in [3.8, 4) is 5.75 Å². The lowest BCUT2D eigenvalue weighted by Gasteiger charge is -2.12. The summed E-state index contributed by atoms with van der Waals surface area (Å²) in [7, 11) is -1.17. The first-order valence-corrected chi connectivity index (χ1v) is 11.9. The predicted molar refractivity (Wildman–Crippen MR) is 108 cm³/mol. The van der Waals surface area contributed by atoms with Crippen molar-refractivity contribution in [2.45, 2.75) is 36.8 Å². The van der Waals surface area contributed by atoms with E-state index >= 15 is 0 Å². The summed E-state index contributed by atoms with van der Waals surface area (Å²) < 4.78 is 53.7. The van der Waals surface area contributed by atoms with Crippen LogP contribution in [0.4, 0.5) is 14.5 Å². The molecule has 2 unspecified atom stereocenters. The van der Waals surface area contributed by atoms with E-state index in [2.05, 4.69) is 20.3 Å². The van der Waals surface area contributed by atoms with E-state index in [4.69, 9.17) is 0 Å². The van der Waals surface area contributed by atoms with E-state index in [1.165, 1.54) is 36.0 Å². The van der Waals surface area contributed by atoms with Crippen LogP contribution in [0.1, 0.15) is 19.2 Å². The second kappa shape index (κ2) is 9.29. The smallest absolute Gasteiger partial charge is 0.387 e. The highest BCUT2D eigenvalue weighted by Crippen LogP contribution is 2.26. The van der Waals surface area contributed by atoms with E-state index in [0.717, 1.165) is 0 Å². The van der Waals surface area contributed by atoms with Gasteiger partial charge in [0.05, 0.1) is 16.8 Å². The van der Waals surface area contributed by atoms with Crippen molar-refractivity contribution in [3.63, 3.8) is 0 Å². The van der Waals surface area contributed by atoms with E-state index in [9.17, 15) is 22.0 Å². The number of thioether (sulfide) groups is 1. The summed E-state index contributed by atoms with van der Waals surface area (Å²) in [6, 6.07) is 5.64. The average Bonchev–Trinajstić information content (AvgIpc) is 3.19. The number of aromatic nitrogens is 3. The molecule has 2 atom stereocenters. The van der Waals surface area contributed by atoms with Crippen LogP contribution in [0.25, 0.3) is 0 Å². The molecule has 0 spiro atoms. The highest BCUT2D eigenvalue weighted by atomic mass is 32.2. The van der Waals surface area contributed by atoms with Gasteiger partial charge in [-0.05, 0) is 43.5 Å². The van der Waals surface area contributed by atoms with Crippen LogP contribution in [0, 0.1) is 5.92 Å². The average molecular weight is 461 g/mol. The summed E-state index contributed by atoms with van der Waals surface area (Å²) in [5, 5.41) is 11.0. The Balaban J connectivity index is 1.55. The van der Waals surface area contributed by atoms with Crippen molar-refractivity contribution in [1.82, 2.24) is 14.8 Å². The molecule has 30 heavy (non-hydrogen) atoms. The van der Waals surface area contributed by atoms with Crippen molar-refractivity contribution < 1.29 is 26.7 Å². The zero-order valence-electron chi connectivity index (χ0n) is 16.4. The number of anilines is 1. The molecule has 12 heteroatoms. The van der Waals surface area contributed by atoms with Gasteiger partial charge in [0.1, 0.15) is 11.6 Å². The fourth-order valence-electron chi connectivity index (χ4n) is 3.09. The van der Waals surface area contributed by atoms with Gasteiger partial charge in [0, 0.05) is 19.2 Å². The number of rotatable bonds is 8. The molecule has 0 saturated carbocycles. The second-order valence-corrected chi connectivity index (χ2v) is 10.6. The minimum Gasteiger partial charge on any atom is -0.435 e. The molecule has 0 aliphatic carbocycles. The van der Waals surface area contributed by atoms with Crippen LogP contribution >= 0.6 is 11.8 Å². The predicted octanol–water partition coefficient (Wildman–Crippen LogP) is 2.51. The molecule has 1 N–H and O–H groups in total. The van der Waals surface area contributed by atoms with E-state index in [-0.39, 0.29) is 29.1 Å². The number of nitrogens with one attached hydrogen (secondary N) is 1. The third kappa shape index (κ3) is 5.91. The first-order valence-electron chi connectivity index (χ1n) is 9.24. The monoisotopic (exact) mass is 460 g/mol. The van der Waals surface area contributed by atoms with Gasteiger partial charge in [0.15, 0.2) is 15.0 Å². The molecule has 0 radical (unpaired) electrons. The normalized spacial score (nSPS) is 19.0. The van der Waals surface area contributed by atoms with Crippen LogP contribution in [0.2, 0.25) is 0 Å². The largest absolute Gasteiger partial charge is 0.435 e. The number of benzene rings is 1. The number of nitrogens with zero attached hydrogens (tertiary/aromatic N) is 3. The van der Waals surface area contributed by atoms with E-state index in [1.54, 1.807) is 18.5 Å². The van der Waals surface area contributed by atoms with Crippen molar-refractivity contribution in [1.29, 1.82) is 0 Å². The fraction of sp³-hybridized carbons (Fsp3) is 0.500. The summed E-state index contributed by atoms with van der Waals surface area (Å²) in [6.45, 7) is -1.19. The highest BCUT2D eigenvalue weighted by Gasteiger charge is 2.29. The Labute approximate surface area is 177 Å². The first kappa shape index (κ1) is 22.5. The van der Waals surface area contributed by atoms with Crippen LogP contribution in [0.3, 0.4) is 0 Å². The van der Waals surface area contributed by atoms with Gasteiger partial charge in [-0.2, -0.15) is 8.78 Å². The Morgan fingerprint density at radius 1 is 1.33 bits per heavy atom. The summed E-state index contributed by atoms with van der Waals surface area (Å²) in [4.78, 5) is 12.4. The Morgan fingerprint density at radius 3 is 2.63 bits per heavy atom. The lowest BCUT2D eigenvalue weighted by Crippen LogP contribution is -2.22. The minimum atomic E-state index is -2.95. The molecule has 1 aromatic heterocycles. The summed E-state index contributed by atoms with van der Waals surface area (Å²) in [6.07, 6.45) is 1.15. The molecule has 164 valence electrons. The van der Waals surface area contributed by atoms with E-state index in [0.29, 0.717) is 29.5 Å². The number of ether oxygens (including phenoxy) is 1. The maximum Gasteiger partial charge on any atom is 0.387 e. The zero-order chi connectivity index (χ0) is 21.9. The molecule has 1 saturated heterocycles. The van der Waals surface area contributed by atoms with Crippen LogP contribution in [0.15, 0.2) is 29.4 Å². The topological polar surface area (TPSA) is 103 Å². The van der Waals surface area contributed by atoms with Gasteiger partial charge in [-0.1, -0.05) is 11.8 Å². The third-order valence-corrected chi connectivity index (χ3v) is 7.69. The Kier molecular flexibility index (Phi) is 6.96. The molecule has 3 rings (SSSR count). The van der Waals surface area contributed by atoms with Crippen LogP contribution in [-0.4, -0.2) is 52.5 Å². The third-order valence-electron chi connectivity index (χ3n) is 4.72. The number of carbonyl (C=O) groups is 1. The molecule has 1 fully saturated rings. The lowest BCUT2D eigenvalue weighted by molar-refractivity contribution is -0.115. The van der Waals surface area contributed by atoms with Crippen molar-refractivity contribution in [2.75, 3.05) is 16.8 Å². The first-order chi connectivity index (χ1) is 14.1. The molecule has 0 bridgehead atoms. The molecule has 2 aromatic rings. The molecule has 1 aliphatic heterocycles. The summed E-state index contributed by atoms with van der Waals surface area (Å²) in [5.41, 5.74) is 0.454. The van der Waals surface area contributed by atoms with Crippen molar-refractivity contribution in [3.05, 3.63) is 30.1 Å². The maximum atomic E-state index is 12.4. The van der Waals surface area contributed by atoms with Gasteiger partial charge >= 0.3 is 6.61 Å². The SMILES string of the molecule is CC(Sc1nnc(CC2CCS(=O)(=O)C2)n1C)C(=O)Nc1ccc(OC(F)F)cc1. The molecular weight excluding hydrogens is 438 g/mol. The molecule has 2 heterocycles. The van der Waals surface area contributed by atoms with Crippen molar-refractivity contribution >= 4 is 33.2 Å². The minimum absolute atomic E-state index is 0.00657. The number of amides is 1. The zero-order valence-corrected chi connectivity index (χ0v) is 18.0. The maximum absolute atomic E-state index is 12.4. The quantitative estimate of drug-likeness (QED) is 0.604. The number of sulfone groups is 1. The van der Waals surface area contributed by atoms with Gasteiger partial charge in [0.25, 0.3) is 0 Å². The van der Waals surface area contributed by atoms with Crippen LogP contribution < -0.4 is 10.1 Å². The Morgan fingerprint density at radius 2 is 2.03 bits per heavy atom. The molecule has 1 amide bonds. The van der Waals surface area contributed by atoms with E-state index in [1.807, 2.05) is 0 Å². The van der Waals surface area contributed by atoms with Gasteiger partial charge < -0.3 is 14.6 Å². The van der Waals surface area contributed by atoms with Crippen molar-refractivity contribution in [2.24, 2.45) is 13.0 Å². The summed E-state index contributed by atoms with van der Waals surface area (Å²) >= 11 is 1.22. The Bertz CT molecular complexity index is 996. The number of hydrogen-bond acceptors (Lipinski definition) is 7. The Hall–Kier alpha value is -2.21. The number of halogens is 2. The molecule has 1 aromatic carbocycles.